The highest BCUT2D eigenvalue weighted by Crippen LogP contribution is 2.44. The molecule has 8 heteroatoms. The lowest BCUT2D eigenvalue weighted by Crippen LogP contribution is -2.43. The first kappa shape index (κ1) is 17.4. The molecular weight excluding hydrogens is 340 g/mol. The van der Waals surface area contributed by atoms with Gasteiger partial charge in [-0.3, -0.25) is 9.89 Å². The first-order valence-corrected chi connectivity index (χ1v) is 7.86. The number of aromatic nitrogens is 2. The first-order chi connectivity index (χ1) is 11.8. The van der Waals surface area contributed by atoms with Gasteiger partial charge in [0.2, 0.25) is 0 Å². The average molecular weight is 356 g/mol. The summed E-state index contributed by atoms with van der Waals surface area (Å²) >= 11 is 0. The summed E-state index contributed by atoms with van der Waals surface area (Å²) in [4.78, 5) is 12.5. The van der Waals surface area contributed by atoms with Gasteiger partial charge < -0.3 is 4.74 Å². The Bertz CT molecular complexity index is 749. The fourth-order valence-corrected chi connectivity index (χ4v) is 3.05. The third kappa shape index (κ3) is 3.38. The van der Waals surface area contributed by atoms with Gasteiger partial charge in [0.25, 0.3) is 0 Å². The lowest BCUT2D eigenvalue weighted by molar-refractivity contribution is -0.154. The summed E-state index contributed by atoms with van der Waals surface area (Å²) in [7, 11) is 0. The van der Waals surface area contributed by atoms with Gasteiger partial charge in [0, 0.05) is 12.0 Å². The van der Waals surface area contributed by atoms with Crippen LogP contribution in [0.4, 0.5) is 17.6 Å². The lowest BCUT2D eigenvalue weighted by Gasteiger charge is -2.39. The molecule has 0 spiro atoms. The number of alkyl halides is 3. The van der Waals surface area contributed by atoms with E-state index in [1.54, 1.807) is 12.1 Å². The zero-order valence-corrected chi connectivity index (χ0v) is 13.2. The number of aromatic amines is 1. The highest BCUT2D eigenvalue weighted by atomic mass is 19.4. The average Bonchev–Trinajstić information content (AvgIpc) is 2.97. The molecule has 1 aliphatic rings. The highest BCUT2D eigenvalue weighted by molar-refractivity contribution is 5.84. The van der Waals surface area contributed by atoms with Crippen molar-refractivity contribution >= 4 is 5.97 Å². The van der Waals surface area contributed by atoms with E-state index in [2.05, 4.69) is 5.10 Å². The summed E-state index contributed by atoms with van der Waals surface area (Å²) in [5.74, 6) is -0.881. The minimum absolute atomic E-state index is 0.0512. The molecule has 1 aliphatic carbocycles. The third-order valence-corrected chi connectivity index (χ3v) is 4.60. The van der Waals surface area contributed by atoms with Crippen molar-refractivity contribution in [1.82, 2.24) is 10.2 Å². The van der Waals surface area contributed by atoms with E-state index in [4.69, 9.17) is 4.74 Å². The van der Waals surface area contributed by atoms with Crippen molar-refractivity contribution in [2.75, 3.05) is 6.61 Å². The smallest absolute Gasteiger partial charge is 0.433 e. The second-order valence-electron chi connectivity index (χ2n) is 6.10. The van der Waals surface area contributed by atoms with E-state index in [0.29, 0.717) is 18.4 Å². The monoisotopic (exact) mass is 356 g/mol. The van der Waals surface area contributed by atoms with Gasteiger partial charge in [-0.2, -0.15) is 18.3 Å². The third-order valence-electron chi connectivity index (χ3n) is 4.60. The van der Waals surface area contributed by atoms with E-state index in [9.17, 15) is 22.4 Å². The Balaban J connectivity index is 1.64. The summed E-state index contributed by atoms with van der Waals surface area (Å²) in [5, 5.41) is 5.31. The Morgan fingerprint density at radius 2 is 1.92 bits per heavy atom. The van der Waals surface area contributed by atoms with Crippen LogP contribution in [0.2, 0.25) is 0 Å². The first-order valence-electron chi connectivity index (χ1n) is 7.86. The van der Waals surface area contributed by atoms with Gasteiger partial charge in [0.05, 0.1) is 18.2 Å². The quantitative estimate of drug-likeness (QED) is 0.655. The molecule has 1 N–H and O–H groups in total. The molecule has 134 valence electrons. The van der Waals surface area contributed by atoms with Crippen molar-refractivity contribution < 1.29 is 27.1 Å². The lowest BCUT2D eigenvalue weighted by atomic mass is 9.64. The van der Waals surface area contributed by atoms with Crippen LogP contribution in [0.3, 0.4) is 0 Å². The molecule has 25 heavy (non-hydrogen) atoms. The number of esters is 1. The largest absolute Gasteiger partial charge is 0.465 e. The Morgan fingerprint density at radius 3 is 2.48 bits per heavy atom. The van der Waals surface area contributed by atoms with Crippen LogP contribution >= 0.6 is 0 Å². The number of H-pyrrole nitrogens is 1. The number of nitrogens with one attached hydrogen (secondary N) is 1. The van der Waals surface area contributed by atoms with Crippen LogP contribution < -0.4 is 0 Å². The summed E-state index contributed by atoms with van der Waals surface area (Å²) in [6.07, 6.45) is -1.54. The number of carbonyl (C=O) groups excluding carboxylic acids is 1. The summed E-state index contributed by atoms with van der Waals surface area (Å²) in [6.45, 7) is -0.176. The van der Waals surface area contributed by atoms with Crippen LogP contribution in [-0.4, -0.2) is 22.8 Å². The van der Waals surface area contributed by atoms with E-state index in [0.717, 1.165) is 12.6 Å². The van der Waals surface area contributed by atoms with Crippen LogP contribution in [-0.2, 0) is 27.5 Å². The maximum Gasteiger partial charge on any atom is 0.433 e. The molecule has 0 aliphatic heterocycles. The van der Waals surface area contributed by atoms with E-state index in [-0.39, 0.29) is 18.6 Å². The summed E-state index contributed by atoms with van der Waals surface area (Å²) < 4.78 is 56.6. The molecule has 1 aromatic heterocycles. The second-order valence-corrected chi connectivity index (χ2v) is 6.10. The van der Waals surface area contributed by atoms with E-state index in [1.165, 1.54) is 12.1 Å². The maximum atomic E-state index is 13.1. The fourth-order valence-electron chi connectivity index (χ4n) is 3.05. The SMILES string of the molecule is O=C(OCCc1cn[nH]c1C(F)(F)F)C1(c2ccc(F)cc2)CCC1. The fraction of sp³-hybridized carbons (Fsp3) is 0.412. The molecule has 1 aromatic carbocycles. The highest BCUT2D eigenvalue weighted by Gasteiger charge is 2.47. The van der Waals surface area contributed by atoms with Gasteiger partial charge in [-0.25, -0.2) is 4.39 Å². The van der Waals surface area contributed by atoms with Gasteiger partial charge in [-0.15, -0.1) is 0 Å². The van der Waals surface area contributed by atoms with Gasteiger partial charge >= 0.3 is 12.1 Å². The van der Waals surface area contributed by atoms with Crippen LogP contribution in [0.5, 0.6) is 0 Å². The summed E-state index contributed by atoms with van der Waals surface area (Å²) in [6, 6.07) is 5.66. The van der Waals surface area contributed by atoms with Crippen molar-refractivity contribution in [3.8, 4) is 0 Å². The zero-order valence-electron chi connectivity index (χ0n) is 13.2. The van der Waals surface area contributed by atoms with Crippen molar-refractivity contribution in [2.45, 2.75) is 37.3 Å². The van der Waals surface area contributed by atoms with Crippen molar-refractivity contribution in [2.24, 2.45) is 0 Å². The predicted octanol–water partition coefficient (Wildman–Crippen LogP) is 3.78. The van der Waals surface area contributed by atoms with E-state index in [1.807, 2.05) is 5.10 Å². The van der Waals surface area contributed by atoms with Crippen LogP contribution in [0.15, 0.2) is 30.5 Å². The van der Waals surface area contributed by atoms with E-state index >= 15 is 0 Å². The maximum absolute atomic E-state index is 13.1. The van der Waals surface area contributed by atoms with E-state index < -0.39 is 29.1 Å². The van der Waals surface area contributed by atoms with Crippen molar-refractivity contribution in [1.29, 1.82) is 0 Å². The number of carbonyl (C=O) groups is 1. The van der Waals surface area contributed by atoms with Gasteiger partial charge in [-0.05, 0) is 30.5 Å². The van der Waals surface area contributed by atoms with Crippen LogP contribution in [0.25, 0.3) is 0 Å². The molecule has 2 aromatic rings. The van der Waals surface area contributed by atoms with Gasteiger partial charge in [0.15, 0.2) is 0 Å². The molecule has 0 amide bonds. The Labute approximate surface area is 141 Å². The molecule has 1 fully saturated rings. The Kier molecular flexibility index (Phi) is 4.53. The molecule has 0 unspecified atom stereocenters. The molecule has 1 saturated carbocycles. The topological polar surface area (TPSA) is 55.0 Å². The molecule has 0 saturated heterocycles. The molecule has 3 rings (SSSR count). The van der Waals surface area contributed by atoms with Crippen LogP contribution in [0.1, 0.15) is 36.1 Å². The molecular formula is C17H16F4N2O2. The second kappa shape index (κ2) is 6.50. The molecule has 0 atom stereocenters. The minimum Gasteiger partial charge on any atom is -0.465 e. The van der Waals surface area contributed by atoms with Crippen LogP contribution in [0, 0.1) is 5.82 Å². The number of nitrogens with zero attached hydrogens (tertiary/aromatic N) is 1. The predicted molar refractivity (Wildman–Crippen MR) is 80.2 cm³/mol. The Hall–Kier alpha value is -2.38. The molecule has 0 bridgehead atoms. The summed E-state index contributed by atoms with van der Waals surface area (Å²) in [5.41, 5.74) is -1.13. The normalized spacial score (nSPS) is 16.3. The van der Waals surface area contributed by atoms with Crippen molar-refractivity contribution in [3.63, 3.8) is 0 Å². The minimum atomic E-state index is -4.53. The molecule has 1 heterocycles. The number of rotatable bonds is 5. The zero-order chi connectivity index (χ0) is 18.1. The number of benzene rings is 1. The molecule has 0 radical (unpaired) electrons. The number of ether oxygens (including phenoxy) is 1. The van der Waals surface area contributed by atoms with Gasteiger partial charge in [0.1, 0.15) is 11.5 Å². The molecule has 4 nitrogen and oxygen atoms in total. The number of halogens is 4. The Morgan fingerprint density at radius 1 is 1.24 bits per heavy atom. The number of hydrogen-bond donors (Lipinski definition) is 1. The van der Waals surface area contributed by atoms with Crippen molar-refractivity contribution in [3.05, 3.63) is 53.1 Å². The van der Waals surface area contributed by atoms with Gasteiger partial charge in [-0.1, -0.05) is 18.6 Å². The standard InChI is InChI=1S/C17H16F4N2O2/c18-13-4-2-12(3-5-13)16(7-1-8-16)15(24)25-9-6-11-10-22-23-14(11)17(19,20)21/h2-5,10H,1,6-9H2,(H,22,23). The number of hydrogen-bond acceptors (Lipinski definition) is 3.